The summed E-state index contributed by atoms with van der Waals surface area (Å²) >= 11 is 6.02. The normalized spacial score (nSPS) is 19.6. The molecule has 1 aliphatic heterocycles. The van der Waals surface area contributed by atoms with Gasteiger partial charge < -0.3 is 10.2 Å². The largest absolute Gasteiger partial charge is 0.359 e. The number of H-pyrrole nitrogens is 1. The Labute approximate surface area is 134 Å². The molecule has 0 unspecified atom stereocenters. The Morgan fingerprint density at radius 2 is 2.09 bits per heavy atom. The zero-order valence-electron chi connectivity index (χ0n) is 12.4. The fourth-order valence-corrected chi connectivity index (χ4v) is 3.47. The van der Waals surface area contributed by atoms with Crippen LogP contribution in [0.4, 0.5) is 5.82 Å². The van der Waals surface area contributed by atoms with Gasteiger partial charge in [0.2, 0.25) is 5.91 Å². The van der Waals surface area contributed by atoms with Crippen molar-refractivity contribution in [2.24, 2.45) is 5.41 Å². The Hall–Kier alpha value is -1.75. The van der Waals surface area contributed by atoms with Crippen LogP contribution < -0.4 is 5.32 Å². The second kappa shape index (κ2) is 5.16. The molecule has 0 radical (unpaired) electrons. The highest BCUT2D eigenvalue weighted by molar-refractivity contribution is 6.31. The van der Waals surface area contributed by atoms with Crippen molar-refractivity contribution in [3.05, 3.63) is 23.2 Å². The number of anilines is 1. The number of carbonyl (C=O) groups excluding carboxylic acids is 1. The summed E-state index contributed by atoms with van der Waals surface area (Å²) < 4.78 is 0. The van der Waals surface area contributed by atoms with E-state index in [9.17, 15) is 4.79 Å². The van der Waals surface area contributed by atoms with E-state index in [1.54, 1.807) is 0 Å². The number of likely N-dealkylation sites (tertiary alicyclic amines) is 1. The van der Waals surface area contributed by atoms with Gasteiger partial charge in [-0.3, -0.25) is 9.89 Å². The van der Waals surface area contributed by atoms with Crippen molar-refractivity contribution in [2.75, 3.05) is 25.0 Å². The van der Waals surface area contributed by atoms with Crippen molar-refractivity contribution < 1.29 is 4.79 Å². The highest BCUT2D eigenvalue weighted by atomic mass is 35.5. The number of nitrogens with zero attached hydrogens (tertiary/aromatic N) is 2. The third-order valence-corrected chi connectivity index (χ3v) is 5.30. The van der Waals surface area contributed by atoms with Crippen LogP contribution >= 0.6 is 11.6 Å². The molecule has 0 atom stereocenters. The van der Waals surface area contributed by atoms with Gasteiger partial charge in [0.1, 0.15) is 0 Å². The number of carbonyl (C=O) groups is 1. The van der Waals surface area contributed by atoms with Crippen LogP contribution in [0, 0.1) is 5.41 Å². The molecule has 1 aromatic heterocycles. The number of aromatic nitrogens is 2. The first-order chi connectivity index (χ1) is 10.7. The lowest BCUT2D eigenvalue weighted by atomic mass is 9.94. The molecule has 1 spiro atoms. The molecule has 22 heavy (non-hydrogen) atoms. The number of halogens is 1. The first-order valence-corrected chi connectivity index (χ1v) is 8.18. The van der Waals surface area contributed by atoms with Gasteiger partial charge in [0.05, 0.1) is 12.1 Å². The van der Waals surface area contributed by atoms with Gasteiger partial charge >= 0.3 is 0 Å². The smallest absolute Gasteiger partial charge is 0.241 e. The quantitative estimate of drug-likeness (QED) is 0.914. The maximum absolute atomic E-state index is 12.3. The van der Waals surface area contributed by atoms with E-state index in [0.717, 1.165) is 24.0 Å². The fourth-order valence-electron chi connectivity index (χ4n) is 3.30. The van der Waals surface area contributed by atoms with E-state index in [1.165, 1.54) is 25.7 Å². The van der Waals surface area contributed by atoms with E-state index in [0.29, 0.717) is 16.3 Å². The second-order valence-electron chi connectivity index (χ2n) is 6.50. The number of amides is 1. The molecular formula is C16H19ClN4O. The minimum absolute atomic E-state index is 0.147. The average Bonchev–Trinajstić information content (AvgIpc) is 3.16. The Balaban J connectivity index is 1.39. The molecule has 1 saturated carbocycles. The van der Waals surface area contributed by atoms with E-state index in [-0.39, 0.29) is 12.5 Å². The highest BCUT2D eigenvalue weighted by Crippen LogP contribution is 2.53. The predicted octanol–water partition coefficient (Wildman–Crippen LogP) is 3.03. The van der Waals surface area contributed by atoms with Crippen molar-refractivity contribution in [2.45, 2.75) is 25.7 Å². The van der Waals surface area contributed by atoms with Gasteiger partial charge in [-0.2, -0.15) is 5.10 Å². The molecular weight excluding hydrogens is 300 g/mol. The van der Waals surface area contributed by atoms with Crippen LogP contribution in [0.5, 0.6) is 0 Å². The third-order valence-electron chi connectivity index (χ3n) is 5.07. The number of hydrogen-bond donors (Lipinski definition) is 2. The number of benzene rings is 1. The number of rotatable bonds is 3. The molecule has 6 heteroatoms. The van der Waals surface area contributed by atoms with Crippen molar-refractivity contribution in [1.82, 2.24) is 15.1 Å². The second-order valence-corrected chi connectivity index (χ2v) is 6.93. The molecule has 1 aliphatic carbocycles. The van der Waals surface area contributed by atoms with Gasteiger partial charge in [-0.25, -0.2) is 0 Å². The lowest BCUT2D eigenvalue weighted by molar-refractivity contribution is -0.130. The minimum Gasteiger partial charge on any atom is -0.359 e. The topological polar surface area (TPSA) is 61.0 Å². The molecule has 4 rings (SSSR count). The Bertz CT molecular complexity index is 712. The third kappa shape index (κ3) is 2.54. The molecule has 2 fully saturated rings. The van der Waals surface area contributed by atoms with Crippen LogP contribution in [0.25, 0.3) is 10.9 Å². The molecule has 2 N–H and O–H groups in total. The fraction of sp³-hybridized carbons (Fsp3) is 0.500. The lowest BCUT2D eigenvalue weighted by Gasteiger charge is -2.32. The van der Waals surface area contributed by atoms with Crippen molar-refractivity contribution in [3.8, 4) is 0 Å². The number of fused-ring (bicyclic) bond motifs is 1. The summed E-state index contributed by atoms with van der Waals surface area (Å²) in [6.45, 7) is 2.07. The van der Waals surface area contributed by atoms with Gasteiger partial charge in [-0.1, -0.05) is 11.6 Å². The molecule has 1 saturated heterocycles. The standard InChI is InChI=1S/C16H19ClN4O/c17-11-1-2-13-12(9-11)15(20-19-13)18-10-14(22)21-7-5-16(3-4-16)6-8-21/h1-2,9H,3-8,10H2,(H2,18,19,20). The van der Waals surface area contributed by atoms with E-state index < -0.39 is 0 Å². The SMILES string of the molecule is O=C(CNc1n[nH]c2ccc(Cl)cc12)N1CCC2(CC1)CC2. The first kappa shape index (κ1) is 13.9. The summed E-state index contributed by atoms with van der Waals surface area (Å²) in [4.78, 5) is 14.3. The molecule has 2 aromatic rings. The van der Waals surface area contributed by atoms with Gasteiger partial charge in [0.25, 0.3) is 0 Å². The summed E-state index contributed by atoms with van der Waals surface area (Å²) in [6, 6.07) is 5.56. The maximum atomic E-state index is 12.3. The van der Waals surface area contributed by atoms with E-state index in [1.807, 2.05) is 23.1 Å². The molecule has 0 bridgehead atoms. The van der Waals surface area contributed by atoms with E-state index >= 15 is 0 Å². The number of piperidine rings is 1. The number of hydrogen-bond acceptors (Lipinski definition) is 3. The van der Waals surface area contributed by atoms with E-state index in [2.05, 4.69) is 15.5 Å². The van der Waals surface area contributed by atoms with Crippen LogP contribution in [0.1, 0.15) is 25.7 Å². The Morgan fingerprint density at radius 3 is 2.82 bits per heavy atom. The maximum Gasteiger partial charge on any atom is 0.241 e. The molecule has 116 valence electrons. The van der Waals surface area contributed by atoms with Gasteiger partial charge in [-0.15, -0.1) is 0 Å². The van der Waals surface area contributed by atoms with Gasteiger partial charge in [0, 0.05) is 23.5 Å². The minimum atomic E-state index is 0.147. The zero-order chi connectivity index (χ0) is 15.2. The molecule has 2 aliphatic rings. The Kier molecular flexibility index (Phi) is 3.26. The molecule has 5 nitrogen and oxygen atoms in total. The summed E-state index contributed by atoms with van der Waals surface area (Å²) in [5.41, 5.74) is 1.51. The molecule has 2 heterocycles. The molecule has 1 aromatic carbocycles. The summed E-state index contributed by atoms with van der Waals surface area (Å²) in [6.07, 6.45) is 5.04. The van der Waals surface area contributed by atoms with Crippen LogP contribution in [0.15, 0.2) is 18.2 Å². The van der Waals surface area contributed by atoms with Crippen molar-refractivity contribution in [1.29, 1.82) is 0 Å². The van der Waals surface area contributed by atoms with Crippen molar-refractivity contribution in [3.63, 3.8) is 0 Å². The Morgan fingerprint density at radius 1 is 1.32 bits per heavy atom. The summed E-state index contributed by atoms with van der Waals surface area (Å²) in [5, 5.41) is 11.9. The zero-order valence-corrected chi connectivity index (χ0v) is 13.1. The number of aromatic amines is 1. The monoisotopic (exact) mass is 318 g/mol. The molecule has 1 amide bonds. The van der Waals surface area contributed by atoms with Crippen LogP contribution in [0.2, 0.25) is 5.02 Å². The highest BCUT2D eigenvalue weighted by Gasteiger charge is 2.44. The summed E-state index contributed by atoms with van der Waals surface area (Å²) in [5.74, 6) is 0.829. The van der Waals surface area contributed by atoms with Crippen LogP contribution in [-0.2, 0) is 4.79 Å². The first-order valence-electron chi connectivity index (χ1n) is 7.81. The predicted molar refractivity (Wildman–Crippen MR) is 87.1 cm³/mol. The van der Waals surface area contributed by atoms with E-state index in [4.69, 9.17) is 11.6 Å². The summed E-state index contributed by atoms with van der Waals surface area (Å²) in [7, 11) is 0. The van der Waals surface area contributed by atoms with Gasteiger partial charge in [0.15, 0.2) is 5.82 Å². The van der Waals surface area contributed by atoms with Gasteiger partial charge in [-0.05, 0) is 49.3 Å². The van der Waals surface area contributed by atoms with Crippen molar-refractivity contribution >= 4 is 34.2 Å². The van der Waals surface area contributed by atoms with Crippen LogP contribution in [0.3, 0.4) is 0 Å². The number of nitrogens with one attached hydrogen (secondary N) is 2. The van der Waals surface area contributed by atoms with Crippen LogP contribution in [-0.4, -0.2) is 40.6 Å². The average molecular weight is 319 g/mol. The lowest BCUT2D eigenvalue weighted by Crippen LogP contribution is -2.41.